The zero-order valence-electron chi connectivity index (χ0n) is 13.7. The van der Waals surface area contributed by atoms with E-state index in [1.165, 1.54) is 0 Å². The van der Waals surface area contributed by atoms with E-state index < -0.39 is 0 Å². The highest BCUT2D eigenvalue weighted by Crippen LogP contribution is 2.52. The Morgan fingerprint density at radius 1 is 1.25 bits per heavy atom. The maximum absolute atomic E-state index is 12.9. The first-order valence-corrected chi connectivity index (χ1v) is 9.71. The number of carbonyl (C=O) groups excluding carboxylic acids is 1. The van der Waals surface area contributed by atoms with Crippen molar-refractivity contribution in [2.45, 2.75) is 49.0 Å². The summed E-state index contributed by atoms with van der Waals surface area (Å²) < 4.78 is -0.0717. The first kappa shape index (κ1) is 18.0. The predicted molar refractivity (Wildman–Crippen MR) is 101 cm³/mol. The van der Waals surface area contributed by atoms with Gasteiger partial charge in [0.05, 0.1) is 22.5 Å². The highest BCUT2D eigenvalue weighted by atomic mass is 35.5. The number of allylic oxidation sites excluding steroid dienone is 3. The molecule has 2 aliphatic heterocycles. The Kier molecular flexibility index (Phi) is 5.42. The Bertz CT molecular complexity index is 584. The van der Waals surface area contributed by atoms with Crippen LogP contribution in [0.2, 0.25) is 0 Å². The van der Waals surface area contributed by atoms with E-state index in [0.29, 0.717) is 5.92 Å². The Balaban J connectivity index is 0.00000169. The number of hydrogen-bond acceptors (Lipinski definition) is 4. The number of aliphatic hydroxyl groups excluding tert-OH is 1. The third-order valence-electron chi connectivity index (χ3n) is 5.75. The van der Waals surface area contributed by atoms with Gasteiger partial charge in [-0.1, -0.05) is 18.2 Å². The van der Waals surface area contributed by atoms with Gasteiger partial charge in [0.2, 0.25) is 5.91 Å². The molecule has 2 fully saturated rings. The van der Waals surface area contributed by atoms with Crippen molar-refractivity contribution < 1.29 is 9.90 Å². The molecule has 6 heteroatoms. The van der Waals surface area contributed by atoms with E-state index in [9.17, 15) is 9.90 Å². The second kappa shape index (κ2) is 7.22. The van der Waals surface area contributed by atoms with Crippen LogP contribution in [0.4, 0.5) is 0 Å². The molecule has 1 spiro atoms. The first-order chi connectivity index (χ1) is 11.2. The Morgan fingerprint density at radius 2 is 2.04 bits per heavy atom. The van der Waals surface area contributed by atoms with Crippen LogP contribution in [0.3, 0.4) is 0 Å². The average Bonchev–Trinajstić information content (AvgIpc) is 2.95. The van der Waals surface area contributed by atoms with Crippen molar-refractivity contribution in [1.29, 1.82) is 0 Å². The topological polar surface area (TPSA) is 61.7 Å². The lowest BCUT2D eigenvalue weighted by Gasteiger charge is -2.38. The molecule has 3 atom stereocenters. The molecular formula is C18H25ClN2O2S. The van der Waals surface area contributed by atoms with Gasteiger partial charge in [0.15, 0.2) is 0 Å². The molecule has 3 unspecified atom stereocenters. The van der Waals surface area contributed by atoms with Gasteiger partial charge in [-0.05, 0) is 44.1 Å². The number of nitrogens with zero attached hydrogens (tertiary/aromatic N) is 1. The molecule has 1 amide bonds. The van der Waals surface area contributed by atoms with E-state index in [1.54, 1.807) is 0 Å². The van der Waals surface area contributed by atoms with Crippen molar-refractivity contribution in [3.05, 3.63) is 24.3 Å². The van der Waals surface area contributed by atoms with E-state index in [-0.39, 0.29) is 41.1 Å². The lowest BCUT2D eigenvalue weighted by Crippen LogP contribution is -2.48. The fourth-order valence-electron chi connectivity index (χ4n) is 4.45. The van der Waals surface area contributed by atoms with Crippen LogP contribution in [0, 0.1) is 11.8 Å². The third kappa shape index (κ3) is 3.06. The minimum absolute atomic E-state index is 0. The molecule has 4 aliphatic rings. The van der Waals surface area contributed by atoms with Gasteiger partial charge in [0.1, 0.15) is 0 Å². The van der Waals surface area contributed by atoms with Gasteiger partial charge in [0, 0.05) is 18.3 Å². The second-order valence-electron chi connectivity index (χ2n) is 7.11. The summed E-state index contributed by atoms with van der Waals surface area (Å²) in [6, 6.07) is 0.242. The quantitative estimate of drug-likeness (QED) is 0.787. The van der Waals surface area contributed by atoms with Crippen LogP contribution in [0.25, 0.3) is 0 Å². The maximum atomic E-state index is 12.9. The zero-order chi connectivity index (χ0) is 15.9. The van der Waals surface area contributed by atoms with Crippen LogP contribution in [-0.2, 0) is 4.79 Å². The van der Waals surface area contributed by atoms with Crippen molar-refractivity contribution in [2.24, 2.45) is 16.8 Å². The summed E-state index contributed by atoms with van der Waals surface area (Å²) in [7, 11) is 0. The van der Waals surface area contributed by atoms with Crippen molar-refractivity contribution in [3.8, 4) is 0 Å². The minimum Gasteiger partial charge on any atom is -0.393 e. The number of halogens is 1. The normalized spacial score (nSPS) is 40.1. The highest BCUT2D eigenvalue weighted by Gasteiger charge is 2.54. The summed E-state index contributed by atoms with van der Waals surface area (Å²) in [5.74, 6) is 1.53. The van der Waals surface area contributed by atoms with Crippen LogP contribution in [0.15, 0.2) is 29.3 Å². The molecule has 0 radical (unpaired) electrons. The van der Waals surface area contributed by atoms with Gasteiger partial charge in [-0.25, -0.2) is 0 Å². The van der Waals surface area contributed by atoms with Crippen molar-refractivity contribution >= 4 is 35.8 Å². The molecule has 2 N–H and O–H groups in total. The summed E-state index contributed by atoms with van der Waals surface area (Å²) in [4.78, 5) is 17.6. The fraction of sp³-hybridized carbons (Fsp3) is 0.667. The number of thioether (sulfide) groups is 1. The van der Waals surface area contributed by atoms with Crippen LogP contribution in [0.5, 0.6) is 0 Å². The molecule has 0 aromatic rings. The molecule has 132 valence electrons. The van der Waals surface area contributed by atoms with Crippen molar-refractivity contribution in [2.75, 3.05) is 12.3 Å². The van der Waals surface area contributed by atoms with Crippen LogP contribution >= 0.6 is 24.2 Å². The molecule has 0 bridgehead atoms. The number of amides is 1. The lowest BCUT2D eigenvalue weighted by molar-refractivity contribution is -0.126. The molecule has 4 nitrogen and oxygen atoms in total. The van der Waals surface area contributed by atoms with E-state index >= 15 is 0 Å². The summed E-state index contributed by atoms with van der Waals surface area (Å²) in [5, 5.41) is 12.9. The molecule has 0 aromatic carbocycles. The molecule has 2 aliphatic carbocycles. The fourth-order valence-corrected chi connectivity index (χ4v) is 6.24. The number of rotatable bonds is 2. The van der Waals surface area contributed by atoms with Gasteiger partial charge in [-0.3, -0.25) is 9.79 Å². The average molecular weight is 369 g/mol. The molecule has 0 aromatic heterocycles. The molecule has 24 heavy (non-hydrogen) atoms. The molecule has 1 saturated carbocycles. The molecule has 1 saturated heterocycles. The monoisotopic (exact) mass is 368 g/mol. The van der Waals surface area contributed by atoms with Gasteiger partial charge in [0.25, 0.3) is 0 Å². The first-order valence-electron chi connectivity index (χ1n) is 8.72. The van der Waals surface area contributed by atoms with Gasteiger partial charge >= 0.3 is 0 Å². The van der Waals surface area contributed by atoms with Crippen LogP contribution < -0.4 is 5.32 Å². The van der Waals surface area contributed by atoms with Gasteiger partial charge in [-0.15, -0.1) is 24.2 Å². The van der Waals surface area contributed by atoms with E-state index in [2.05, 4.69) is 23.5 Å². The van der Waals surface area contributed by atoms with Crippen LogP contribution in [-0.4, -0.2) is 45.9 Å². The maximum Gasteiger partial charge on any atom is 0.224 e. The van der Waals surface area contributed by atoms with Crippen LogP contribution in [0.1, 0.15) is 32.1 Å². The SMILES string of the molecule is Cl.O=C(NC1CCC(O)CC1)C1CSC23C=CC=CC2=NCCC13. The number of aliphatic imine (C=N–C) groups is 1. The van der Waals surface area contributed by atoms with Gasteiger partial charge < -0.3 is 10.4 Å². The molecule has 4 rings (SSSR count). The largest absolute Gasteiger partial charge is 0.393 e. The number of hydrogen-bond donors (Lipinski definition) is 2. The lowest BCUT2D eigenvalue weighted by atomic mass is 9.74. The Labute approximate surface area is 153 Å². The minimum atomic E-state index is -0.176. The van der Waals surface area contributed by atoms with E-state index in [4.69, 9.17) is 4.99 Å². The smallest absolute Gasteiger partial charge is 0.224 e. The number of carbonyl (C=O) groups is 1. The summed E-state index contributed by atoms with van der Waals surface area (Å²) in [6.07, 6.45) is 12.8. The van der Waals surface area contributed by atoms with Crippen molar-refractivity contribution in [1.82, 2.24) is 5.32 Å². The highest BCUT2D eigenvalue weighted by molar-refractivity contribution is 8.02. The standard InChI is InChI=1S/C18H24N2O2S.ClH/c21-13-6-4-12(5-7-13)20-17(22)14-11-23-18-9-2-1-3-16(18)19-10-8-15(14)18;/h1-3,9,12-15,21H,4-8,10-11H2,(H,20,22);1H. The van der Waals surface area contributed by atoms with E-state index in [1.807, 2.05) is 17.8 Å². The Hall–Kier alpha value is -0.780. The van der Waals surface area contributed by atoms with Gasteiger partial charge in [-0.2, -0.15) is 0 Å². The second-order valence-corrected chi connectivity index (χ2v) is 8.40. The van der Waals surface area contributed by atoms with E-state index in [0.717, 1.165) is 50.1 Å². The summed E-state index contributed by atoms with van der Waals surface area (Å²) >= 11 is 1.89. The molecule has 2 heterocycles. The third-order valence-corrected chi connectivity index (χ3v) is 7.40. The number of nitrogens with one attached hydrogen (secondary N) is 1. The summed E-state index contributed by atoms with van der Waals surface area (Å²) in [5.41, 5.74) is 1.15. The zero-order valence-corrected chi connectivity index (χ0v) is 15.3. The molecular weight excluding hydrogens is 344 g/mol. The Morgan fingerprint density at radius 3 is 2.83 bits per heavy atom. The predicted octanol–water partition coefficient (Wildman–Crippen LogP) is 2.52. The summed E-state index contributed by atoms with van der Waals surface area (Å²) in [6.45, 7) is 0.833. The van der Waals surface area contributed by atoms with Crippen molar-refractivity contribution in [3.63, 3.8) is 0 Å². The number of aliphatic hydroxyl groups is 1.